The summed E-state index contributed by atoms with van der Waals surface area (Å²) < 4.78 is 0.762. The molecule has 0 bridgehead atoms. The SMILES string of the molecule is CC(C)(C)c1ccc(C(=O)Cc2ccccn2)s1.CC(C)(C)c1ccc(C(=O)Cc2cccnc2)s1.CC(C)(C)c1ccc(C(=O)Cc2ccncc2)s1.CCN(CCc1cccnc1)C(=O)c1ccc(C(C)(C)C)s1.CN(CCc1cc[n+]([O-])cc1)C(=O)c1ccc(C(C)(C)C)s1.CN(Cc1ccccn1)C(=O)c1cc(C(C)(C)C)cs1. The third-order valence-electron chi connectivity index (χ3n) is 18.4. The number of likely N-dealkylation sites (N-methyl/N-ethyl adjacent to an activating group) is 2. The molecule has 12 heterocycles. The molecule has 624 valence electrons. The molecule has 12 aromatic rings. The van der Waals surface area contributed by atoms with E-state index in [1.807, 2.05) is 147 Å². The van der Waals surface area contributed by atoms with Crippen molar-refractivity contribution in [3.8, 4) is 0 Å². The molecular weight excluding hydrogens is 1580 g/mol. The first kappa shape index (κ1) is 95.5. The van der Waals surface area contributed by atoms with Crippen LogP contribution >= 0.6 is 68.0 Å². The van der Waals surface area contributed by atoms with Crippen molar-refractivity contribution in [2.75, 3.05) is 33.7 Å². The quantitative estimate of drug-likeness (QED) is 0.0374. The normalized spacial score (nSPS) is 11.5. The fraction of sp³-hybridized carbons (Fsp3) is 0.375. The Labute approximate surface area is 724 Å². The number of amides is 3. The molecule has 16 nitrogen and oxygen atoms in total. The zero-order valence-corrected chi connectivity index (χ0v) is 77.4. The minimum atomic E-state index is 0.0512. The topological polar surface area (TPSA) is 204 Å². The van der Waals surface area contributed by atoms with Crippen molar-refractivity contribution in [3.05, 3.63) is 317 Å². The van der Waals surface area contributed by atoms with Gasteiger partial charge in [-0.15, -0.1) is 68.0 Å². The van der Waals surface area contributed by atoms with Crippen LogP contribution in [0.25, 0.3) is 0 Å². The molecule has 0 aliphatic carbocycles. The summed E-state index contributed by atoms with van der Waals surface area (Å²) in [4.78, 5) is 111. The number of rotatable bonds is 21. The van der Waals surface area contributed by atoms with Crippen LogP contribution in [0.3, 0.4) is 0 Å². The lowest BCUT2D eigenvalue weighted by Crippen LogP contribution is -2.32. The van der Waals surface area contributed by atoms with Crippen LogP contribution in [0, 0.1) is 5.21 Å². The largest absolute Gasteiger partial charge is 0.619 e. The van der Waals surface area contributed by atoms with Crippen molar-refractivity contribution in [1.29, 1.82) is 0 Å². The van der Waals surface area contributed by atoms with Gasteiger partial charge in [-0.05, 0) is 201 Å². The van der Waals surface area contributed by atoms with Crippen LogP contribution in [0.2, 0.25) is 0 Å². The Morgan fingerprint density at radius 1 is 0.373 bits per heavy atom. The summed E-state index contributed by atoms with van der Waals surface area (Å²) in [6.45, 7) is 43.5. The van der Waals surface area contributed by atoms with Gasteiger partial charge in [-0.1, -0.05) is 149 Å². The number of carbonyl (C=O) groups excluding carboxylic acids is 6. The molecular formula is C96H117N9O7S6. The van der Waals surface area contributed by atoms with Crippen LogP contribution in [0.4, 0.5) is 0 Å². The van der Waals surface area contributed by atoms with E-state index in [4.69, 9.17) is 0 Å². The van der Waals surface area contributed by atoms with E-state index in [0.29, 0.717) is 32.4 Å². The van der Waals surface area contributed by atoms with Gasteiger partial charge >= 0.3 is 0 Å². The Bertz CT molecular complexity index is 4860. The Morgan fingerprint density at radius 2 is 0.780 bits per heavy atom. The van der Waals surface area contributed by atoms with E-state index in [1.165, 1.54) is 53.7 Å². The fourth-order valence-electron chi connectivity index (χ4n) is 11.1. The molecule has 0 aromatic carbocycles. The number of ketones is 3. The van der Waals surface area contributed by atoms with Crippen LogP contribution in [-0.4, -0.2) is 108 Å². The molecule has 12 rings (SSSR count). The lowest BCUT2D eigenvalue weighted by Gasteiger charge is -2.20. The van der Waals surface area contributed by atoms with E-state index in [1.54, 1.807) is 122 Å². The van der Waals surface area contributed by atoms with Gasteiger partial charge in [0.05, 0.1) is 47.9 Å². The highest BCUT2D eigenvalue weighted by molar-refractivity contribution is 7.15. The molecule has 118 heavy (non-hydrogen) atoms. The van der Waals surface area contributed by atoms with Crippen molar-refractivity contribution < 1.29 is 33.5 Å². The van der Waals surface area contributed by atoms with Crippen molar-refractivity contribution in [2.24, 2.45) is 0 Å². The number of nitrogens with zero attached hydrogens (tertiary/aromatic N) is 9. The van der Waals surface area contributed by atoms with Crippen molar-refractivity contribution in [2.45, 2.75) is 203 Å². The van der Waals surface area contributed by atoms with E-state index in [0.717, 1.165) is 93.6 Å². The van der Waals surface area contributed by atoms with Gasteiger partial charge in [0.1, 0.15) is 0 Å². The predicted octanol–water partition coefficient (Wildman–Crippen LogP) is 22.4. The van der Waals surface area contributed by atoms with Gasteiger partial charge in [-0.25, -0.2) is 0 Å². The Hall–Kier alpha value is -9.68. The van der Waals surface area contributed by atoms with Gasteiger partial charge in [0.15, 0.2) is 29.7 Å². The molecule has 0 aliphatic rings. The van der Waals surface area contributed by atoms with Crippen LogP contribution in [0.15, 0.2) is 219 Å². The van der Waals surface area contributed by atoms with E-state index in [9.17, 15) is 34.0 Å². The highest BCUT2D eigenvalue weighted by atomic mass is 32.1. The molecule has 0 aliphatic heterocycles. The Balaban J connectivity index is 0.000000196. The van der Waals surface area contributed by atoms with Crippen LogP contribution in [-0.2, 0) is 71.1 Å². The molecule has 0 unspecified atom stereocenters. The number of pyridine rings is 6. The number of Topliss-reactive ketones (excluding diaryl/α,β-unsaturated/α-hetero) is 3. The second-order valence-electron chi connectivity index (χ2n) is 34.9. The number of hydrogen-bond acceptors (Lipinski definition) is 18. The third-order valence-corrected chi connectivity index (χ3v) is 27.0. The third kappa shape index (κ3) is 31.2. The van der Waals surface area contributed by atoms with E-state index < -0.39 is 0 Å². The van der Waals surface area contributed by atoms with Crippen molar-refractivity contribution in [3.63, 3.8) is 0 Å². The van der Waals surface area contributed by atoms with Gasteiger partial charge in [-0.3, -0.25) is 53.7 Å². The van der Waals surface area contributed by atoms with Gasteiger partial charge in [0.2, 0.25) is 0 Å². The van der Waals surface area contributed by atoms with Crippen LogP contribution in [0.5, 0.6) is 0 Å². The average Bonchev–Trinajstić information content (AvgIpc) is 1.72. The first-order chi connectivity index (χ1) is 55.5. The molecule has 0 saturated carbocycles. The average molecular weight is 1700 g/mol. The second kappa shape index (κ2) is 43.9. The molecule has 0 N–H and O–H groups in total. The minimum Gasteiger partial charge on any atom is -0.619 e. The standard InChI is InChI=1S/C18H24N2OS.C17H22N2O2S.C16H20N2OS.3C15H17NOS/c1-5-20(12-10-14-7-6-11-19-13-14)17(21)15-8-9-16(22-15)18(2,3)4;1-17(2,3)15-6-5-14(22-15)16(20)18(4)10-7-13-8-11-19(21)12-9-13;1-16(2,3)12-9-14(20-11-12)15(19)18(4)10-13-7-5-6-8-17-13;1-15(2,3)14-5-4-13(18-14)12(17)10-11-6-8-16-9-7-11;1-15(2,3)14-7-6-13(18-14)12(17)9-11-5-4-8-16-10-11;1-15(2,3)14-8-7-13(18-14)12(17)10-11-6-4-5-9-16-11/h6-9,11,13H,5,10,12H2,1-4H3;5-6,8-9,11-12H,7,10H2,1-4H3;5-9,11H,10H2,1-4H3;4-9H,10H2,1-3H3;4-8,10H,9H2,1-3H3;4-9H,10H2,1-3H3. The minimum absolute atomic E-state index is 0.0512. The summed E-state index contributed by atoms with van der Waals surface area (Å²) >= 11 is 9.47. The zero-order chi connectivity index (χ0) is 86.8. The smallest absolute Gasteiger partial charge is 0.264 e. The van der Waals surface area contributed by atoms with Gasteiger partial charge in [0.25, 0.3) is 17.7 Å². The number of thiophene rings is 6. The summed E-state index contributed by atoms with van der Waals surface area (Å²) in [5.41, 5.74) is 7.69. The zero-order valence-electron chi connectivity index (χ0n) is 72.5. The summed E-state index contributed by atoms with van der Waals surface area (Å²) in [5.74, 6) is 0.734. The molecule has 3 amide bonds. The van der Waals surface area contributed by atoms with E-state index in [2.05, 4.69) is 179 Å². The molecule has 0 fully saturated rings. The molecule has 0 spiro atoms. The summed E-state index contributed by atoms with van der Waals surface area (Å²) in [7, 11) is 3.63. The van der Waals surface area contributed by atoms with Crippen molar-refractivity contribution >= 4 is 103 Å². The van der Waals surface area contributed by atoms with Gasteiger partial charge in [-0.2, -0.15) is 4.73 Å². The fourth-order valence-corrected chi connectivity index (χ4v) is 17.3. The molecule has 0 saturated heterocycles. The molecule has 12 aromatic heterocycles. The van der Waals surface area contributed by atoms with E-state index in [-0.39, 0.29) is 67.6 Å². The molecule has 22 heteroatoms. The van der Waals surface area contributed by atoms with Crippen molar-refractivity contribution in [1.82, 2.24) is 39.6 Å². The van der Waals surface area contributed by atoms with Gasteiger partial charge in [0, 0.05) is 138 Å². The summed E-state index contributed by atoms with van der Waals surface area (Å²) in [6, 6.07) is 48.5. The highest BCUT2D eigenvalue weighted by Gasteiger charge is 2.26. The lowest BCUT2D eigenvalue weighted by molar-refractivity contribution is -0.605. The molecule has 0 radical (unpaired) electrons. The monoisotopic (exact) mass is 1700 g/mol. The Kier molecular flexibility index (Phi) is 35.5. The highest BCUT2D eigenvalue weighted by Crippen LogP contribution is 2.36. The van der Waals surface area contributed by atoms with E-state index >= 15 is 0 Å². The predicted molar refractivity (Wildman–Crippen MR) is 491 cm³/mol. The number of hydrogen-bond donors (Lipinski definition) is 0. The maximum absolute atomic E-state index is 12.7. The second-order valence-corrected chi connectivity index (χ2v) is 41.2. The first-order valence-electron chi connectivity index (χ1n) is 39.6. The number of carbonyl (C=O) groups is 6. The van der Waals surface area contributed by atoms with Crippen LogP contribution in [0.1, 0.15) is 253 Å². The Morgan fingerprint density at radius 3 is 1.19 bits per heavy atom. The van der Waals surface area contributed by atoms with Gasteiger partial charge < -0.3 is 19.9 Å². The lowest BCUT2D eigenvalue weighted by atomic mass is 9.89. The maximum Gasteiger partial charge on any atom is 0.264 e. The first-order valence-corrected chi connectivity index (χ1v) is 44.6. The number of aromatic nitrogens is 6. The summed E-state index contributed by atoms with van der Waals surface area (Å²) in [6.07, 6.45) is 19.8. The molecule has 0 atom stereocenters. The van der Waals surface area contributed by atoms with Crippen LogP contribution < -0.4 is 4.73 Å². The maximum atomic E-state index is 12.7. The summed E-state index contributed by atoms with van der Waals surface area (Å²) in [5, 5.41) is 13.1.